The van der Waals surface area contributed by atoms with E-state index in [1.807, 2.05) is 18.2 Å². The van der Waals surface area contributed by atoms with E-state index < -0.39 is 11.8 Å². The van der Waals surface area contributed by atoms with Crippen molar-refractivity contribution in [3.05, 3.63) is 59.7 Å². The second kappa shape index (κ2) is 11.3. The average Bonchev–Trinajstić information content (AvgIpc) is 2.79. The Morgan fingerprint density at radius 1 is 0.967 bits per heavy atom. The zero-order chi connectivity index (χ0) is 21.9. The second-order valence-corrected chi connectivity index (χ2v) is 6.10. The molecule has 0 fully saturated rings. The maximum absolute atomic E-state index is 12.0. The molecule has 8 heteroatoms. The van der Waals surface area contributed by atoms with Gasteiger partial charge in [0.25, 0.3) is 5.91 Å². The largest absolute Gasteiger partial charge is 0.496 e. The van der Waals surface area contributed by atoms with Crippen molar-refractivity contribution in [1.29, 1.82) is 0 Å². The fourth-order valence-corrected chi connectivity index (χ4v) is 2.51. The molecule has 0 atom stereocenters. The van der Waals surface area contributed by atoms with Crippen molar-refractivity contribution in [2.24, 2.45) is 5.10 Å². The molecule has 0 spiro atoms. The molecule has 0 aromatic heterocycles. The maximum Gasteiger partial charge on any atom is 0.259 e. The highest BCUT2D eigenvalue weighted by atomic mass is 16.5. The molecular formula is C22H25N3O5. The quantitative estimate of drug-likeness (QED) is 0.375. The smallest absolute Gasteiger partial charge is 0.259 e. The number of nitrogens with zero attached hydrogens (tertiary/aromatic N) is 1. The van der Waals surface area contributed by atoms with E-state index in [4.69, 9.17) is 14.2 Å². The van der Waals surface area contributed by atoms with Gasteiger partial charge in [-0.15, -0.1) is 0 Å². The topological polar surface area (TPSA) is 98.2 Å². The summed E-state index contributed by atoms with van der Waals surface area (Å²) in [6.07, 6.45) is 2.95. The SMILES string of the molecule is COc1ccccc1C=CC(=O)NCC(=O)NN=C(C)c1ccc(OC)c(OC)c1. The van der Waals surface area contributed by atoms with Crippen molar-refractivity contribution >= 4 is 23.6 Å². The molecule has 0 saturated carbocycles. The lowest BCUT2D eigenvalue weighted by Crippen LogP contribution is -2.34. The summed E-state index contributed by atoms with van der Waals surface area (Å²) in [6.45, 7) is 1.54. The lowest BCUT2D eigenvalue weighted by atomic mass is 10.1. The van der Waals surface area contributed by atoms with Gasteiger partial charge in [0.1, 0.15) is 5.75 Å². The lowest BCUT2D eigenvalue weighted by Gasteiger charge is -2.09. The van der Waals surface area contributed by atoms with Crippen LogP contribution >= 0.6 is 0 Å². The highest BCUT2D eigenvalue weighted by Gasteiger charge is 2.08. The van der Waals surface area contributed by atoms with Gasteiger partial charge in [0.05, 0.1) is 33.6 Å². The van der Waals surface area contributed by atoms with Crippen molar-refractivity contribution in [2.75, 3.05) is 27.9 Å². The molecule has 0 aliphatic carbocycles. The summed E-state index contributed by atoms with van der Waals surface area (Å²) >= 11 is 0. The van der Waals surface area contributed by atoms with Crippen molar-refractivity contribution in [3.63, 3.8) is 0 Å². The molecular weight excluding hydrogens is 386 g/mol. The van der Waals surface area contributed by atoms with Gasteiger partial charge in [0, 0.05) is 17.2 Å². The number of carbonyl (C=O) groups is 2. The third-order valence-electron chi connectivity index (χ3n) is 4.13. The van der Waals surface area contributed by atoms with Gasteiger partial charge in [0.2, 0.25) is 5.91 Å². The second-order valence-electron chi connectivity index (χ2n) is 6.10. The van der Waals surface area contributed by atoms with Crippen LogP contribution in [-0.2, 0) is 9.59 Å². The summed E-state index contributed by atoms with van der Waals surface area (Å²) in [5, 5.41) is 6.56. The van der Waals surface area contributed by atoms with Crippen LogP contribution in [0.3, 0.4) is 0 Å². The van der Waals surface area contributed by atoms with Gasteiger partial charge in [0.15, 0.2) is 11.5 Å². The first-order chi connectivity index (χ1) is 14.5. The molecule has 0 bridgehead atoms. The number of para-hydroxylation sites is 1. The van der Waals surface area contributed by atoms with Crippen LogP contribution in [0.2, 0.25) is 0 Å². The van der Waals surface area contributed by atoms with Gasteiger partial charge < -0.3 is 19.5 Å². The van der Waals surface area contributed by atoms with Gasteiger partial charge in [-0.1, -0.05) is 18.2 Å². The van der Waals surface area contributed by atoms with Gasteiger partial charge in [-0.05, 0) is 37.3 Å². The Kier molecular flexibility index (Phi) is 8.43. The van der Waals surface area contributed by atoms with E-state index in [1.54, 1.807) is 58.6 Å². The van der Waals surface area contributed by atoms with Gasteiger partial charge in [-0.25, -0.2) is 5.43 Å². The van der Waals surface area contributed by atoms with Crippen LogP contribution in [0.15, 0.2) is 53.6 Å². The molecule has 8 nitrogen and oxygen atoms in total. The van der Waals surface area contributed by atoms with Crippen LogP contribution in [0, 0.1) is 0 Å². The molecule has 2 aromatic rings. The Labute approximate surface area is 175 Å². The first-order valence-electron chi connectivity index (χ1n) is 9.13. The molecule has 2 amide bonds. The van der Waals surface area contributed by atoms with E-state index in [1.165, 1.54) is 6.08 Å². The molecule has 0 heterocycles. The number of rotatable bonds is 9. The predicted octanol–water partition coefficient (Wildman–Crippen LogP) is 2.38. The zero-order valence-corrected chi connectivity index (χ0v) is 17.4. The molecule has 158 valence electrons. The Morgan fingerprint density at radius 2 is 1.67 bits per heavy atom. The zero-order valence-electron chi connectivity index (χ0n) is 17.4. The fourth-order valence-electron chi connectivity index (χ4n) is 2.51. The summed E-state index contributed by atoms with van der Waals surface area (Å²) < 4.78 is 15.7. The van der Waals surface area contributed by atoms with Crippen LogP contribution in [-0.4, -0.2) is 45.4 Å². The molecule has 30 heavy (non-hydrogen) atoms. The van der Waals surface area contributed by atoms with Gasteiger partial charge in [-0.2, -0.15) is 5.10 Å². The Morgan fingerprint density at radius 3 is 2.37 bits per heavy atom. The summed E-state index contributed by atoms with van der Waals surface area (Å²) in [5.74, 6) is 0.955. The van der Waals surface area contributed by atoms with E-state index >= 15 is 0 Å². The highest BCUT2D eigenvalue weighted by Crippen LogP contribution is 2.27. The van der Waals surface area contributed by atoms with Crippen molar-refractivity contribution in [2.45, 2.75) is 6.92 Å². The minimum atomic E-state index is -0.450. The van der Waals surface area contributed by atoms with Crippen LogP contribution in [0.1, 0.15) is 18.1 Å². The highest BCUT2D eigenvalue weighted by molar-refractivity contribution is 6.00. The fraction of sp³-hybridized carbons (Fsp3) is 0.227. The monoisotopic (exact) mass is 411 g/mol. The van der Waals surface area contributed by atoms with Crippen LogP contribution in [0.25, 0.3) is 6.08 Å². The molecule has 2 aromatic carbocycles. The summed E-state index contributed by atoms with van der Waals surface area (Å²) in [6, 6.07) is 12.6. The Balaban J connectivity index is 1.88. The lowest BCUT2D eigenvalue weighted by molar-refractivity contribution is -0.123. The average molecular weight is 411 g/mol. The molecule has 0 radical (unpaired) electrons. The number of methoxy groups -OCH3 is 3. The number of hydrazone groups is 1. The molecule has 0 aliphatic rings. The number of amides is 2. The number of benzene rings is 2. The van der Waals surface area contributed by atoms with Crippen LogP contribution < -0.4 is 25.0 Å². The Hall–Kier alpha value is -3.81. The van der Waals surface area contributed by atoms with E-state index in [0.29, 0.717) is 23.0 Å². The molecule has 0 unspecified atom stereocenters. The maximum atomic E-state index is 12.0. The standard InChI is InChI=1S/C22H25N3O5/c1-15(17-9-11-19(29-3)20(13-17)30-4)24-25-22(27)14-23-21(26)12-10-16-7-5-6-8-18(16)28-2/h5-13H,14H2,1-4H3,(H,23,26)(H,25,27). The normalized spacial score (nSPS) is 11.1. The van der Waals surface area contributed by atoms with Crippen molar-refractivity contribution < 1.29 is 23.8 Å². The molecule has 0 aliphatic heterocycles. The third kappa shape index (κ3) is 6.37. The van der Waals surface area contributed by atoms with E-state index in [2.05, 4.69) is 15.8 Å². The third-order valence-corrected chi connectivity index (χ3v) is 4.13. The van der Waals surface area contributed by atoms with Crippen LogP contribution in [0.4, 0.5) is 0 Å². The molecule has 0 saturated heterocycles. The van der Waals surface area contributed by atoms with Crippen LogP contribution in [0.5, 0.6) is 17.2 Å². The predicted molar refractivity (Wildman–Crippen MR) is 115 cm³/mol. The van der Waals surface area contributed by atoms with Crippen molar-refractivity contribution in [1.82, 2.24) is 10.7 Å². The van der Waals surface area contributed by atoms with E-state index in [0.717, 1.165) is 11.1 Å². The number of nitrogens with one attached hydrogen (secondary N) is 2. The molecule has 2 N–H and O–H groups in total. The number of hydrogen-bond donors (Lipinski definition) is 2. The Bertz CT molecular complexity index is 954. The first-order valence-corrected chi connectivity index (χ1v) is 9.13. The summed E-state index contributed by atoms with van der Waals surface area (Å²) in [4.78, 5) is 23.9. The summed E-state index contributed by atoms with van der Waals surface area (Å²) in [5.41, 5.74) is 4.51. The van der Waals surface area contributed by atoms with E-state index in [-0.39, 0.29) is 6.54 Å². The number of hydrogen-bond acceptors (Lipinski definition) is 6. The van der Waals surface area contributed by atoms with Gasteiger partial charge in [-0.3, -0.25) is 9.59 Å². The first kappa shape index (κ1) is 22.5. The summed E-state index contributed by atoms with van der Waals surface area (Å²) in [7, 11) is 4.65. The number of ether oxygens (including phenoxy) is 3. The van der Waals surface area contributed by atoms with Crippen molar-refractivity contribution in [3.8, 4) is 17.2 Å². The number of carbonyl (C=O) groups excluding carboxylic acids is 2. The molecule has 2 rings (SSSR count). The minimum Gasteiger partial charge on any atom is -0.496 e. The minimum absolute atomic E-state index is 0.211. The van der Waals surface area contributed by atoms with Gasteiger partial charge >= 0.3 is 0 Å². The van der Waals surface area contributed by atoms with E-state index in [9.17, 15) is 9.59 Å².